The SMILES string of the molecule is C1=CC2=C3C(=CSC3C1)c1cccc3c1C2C=C3. The van der Waals surface area contributed by atoms with Crippen molar-refractivity contribution in [3.05, 3.63) is 69.7 Å². The van der Waals surface area contributed by atoms with Crippen LogP contribution in [0.3, 0.4) is 0 Å². The smallest absolute Gasteiger partial charge is 0.0382 e. The van der Waals surface area contributed by atoms with Crippen molar-refractivity contribution in [1.82, 2.24) is 0 Å². The fourth-order valence-corrected chi connectivity index (χ4v) is 4.90. The molecule has 0 amide bonds. The Balaban J connectivity index is 1.90. The summed E-state index contributed by atoms with van der Waals surface area (Å²) in [4.78, 5) is 0. The maximum Gasteiger partial charge on any atom is 0.0382 e. The highest BCUT2D eigenvalue weighted by Crippen LogP contribution is 2.56. The maximum atomic E-state index is 2.39. The monoisotopic (exact) mass is 248 g/mol. The molecule has 1 aliphatic heterocycles. The molecule has 0 bridgehead atoms. The minimum Gasteiger partial charge on any atom is -0.125 e. The van der Waals surface area contributed by atoms with E-state index >= 15 is 0 Å². The number of allylic oxidation sites excluding steroid dienone is 5. The van der Waals surface area contributed by atoms with Gasteiger partial charge in [0.25, 0.3) is 0 Å². The van der Waals surface area contributed by atoms with Crippen molar-refractivity contribution >= 4 is 23.4 Å². The second-order valence-electron chi connectivity index (χ2n) is 5.31. The molecule has 0 saturated heterocycles. The zero-order chi connectivity index (χ0) is 11.7. The molecule has 86 valence electrons. The van der Waals surface area contributed by atoms with Crippen molar-refractivity contribution in [2.24, 2.45) is 0 Å². The second kappa shape index (κ2) is 3.10. The van der Waals surface area contributed by atoms with Gasteiger partial charge in [0.2, 0.25) is 0 Å². The van der Waals surface area contributed by atoms with Crippen molar-refractivity contribution in [3.8, 4) is 0 Å². The van der Waals surface area contributed by atoms with Crippen LogP contribution in [-0.4, -0.2) is 5.25 Å². The molecule has 4 aliphatic rings. The van der Waals surface area contributed by atoms with Gasteiger partial charge in [0.05, 0.1) is 0 Å². The Morgan fingerprint density at radius 2 is 2.17 bits per heavy atom. The first-order valence-electron chi connectivity index (χ1n) is 6.51. The van der Waals surface area contributed by atoms with Gasteiger partial charge in [-0.25, -0.2) is 0 Å². The summed E-state index contributed by atoms with van der Waals surface area (Å²) in [5, 5.41) is 3.06. The highest BCUT2D eigenvalue weighted by molar-refractivity contribution is 8.03. The summed E-state index contributed by atoms with van der Waals surface area (Å²) in [5.74, 6) is 0.515. The molecule has 0 spiro atoms. The Morgan fingerprint density at radius 3 is 3.17 bits per heavy atom. The predicted octanol–water partition coefficient (Wildman–Crippen LogP) is 4.52. The van der Waals surface area contributed by atoms with Crippen LogP contribution in [0.1, 0.15) is 29.0 Å². The number of benzene rings is 1. The van der Waals surface area contributed by atoms with Gasteiger partial charge in [-0.3, -0.25) is 0 Å². The molecule has 0 radical (unpaired) electrons. The lowest BCUT2D eigenvalue weighted by Crippen LogP contribution is -2.17. The average molecular weight is 248 g/mol. The molecule has 3 aliphatic carbocycles. The molecule has 2 atom stereocenters. The van der Waals surface area contributed by atoms with E-state index in [4.69, 9.17) is 0 Å². The van der Waals surface area contributed by atoms with Crippen LogP contribution in [0.25, 0.3) is 11.6 Å². The first kappa shape index (κ1) is 9.46. The van der Waals surface area contributed by atoms with Crippen LogP contribution in [0.4, 0.5) is 0 Å². The topological polar surface area (TPSA) is 0 Å². The minimum atomic E-state index is 0.515. The zero-order valence-electron chi connectivity index (χ0n) is 9.89. The Kier molecular flexibility index (Phi) is 1.63. The molecule has 0 fully saturated rings. The average Bonchev–Trinajstić information content (AvgIpc) is 3.01. The maximum absolute atomic E-state index is 2.39. The summed E-state index contributed by atoms with van der Waals surface area (Å²) >= 11 is 2.00. The van der Waals surface area contributed by atoms with E-state index in [0.717, 1.165) is 0 Å². The molecule has 0 N–H and O–H groups in total. The van der Waals surface area contributed by atoms with Gasteiger partial charge < -0.3 is 0 Å². The third kappa shape index (κ3) is 0.964. The first-order chi connectivity index (χ1) is 8.93. The predicted molar refractivity (Wildman–Crippen MR) is 78.4 cm³/mol. The van der Waals surface area contributed by atoms with Crippen LogP contribution in [0.5, 0.6) is 0 Å². The standard InChI is InChI=1S/C17H12S/c1-3-10-7-8-13-11-5-2-6-15-17(11)14(9-18-15)12(4-1)16(10)13/h1-5,7-9,13,15H,6H2. The van der Waals surface area contributed by atoms with Gasteiger partial charge in [0.15, 0.2) is 0 Å². The van der Waals surface area contributed by atoms with E-state index in [2.05, 4.69) is 47.9 Å². The summed E-state index contributed by atoms with van der Waals surface area (Å²) in [6.45, 7) is 0. The van der Waals surface area contributed by atoms with Gasteiger partial charge in [-0.2, -0.15) is 0 Å². The van der Waals surface area contributed by atoms with E-state index in [-0.39, 0.29) is 0 Å². The Hall–Kier alpha value is -1.47. The molecule has 18 heavy (non-hydrogen) atoms. The molecule has 1 heteroatoms. The summed E-state index contributed by atoms with van der Waals surface area (Å²) in [7, 11) is 0. The molecule has 0 saturated carbocycles. The summed E-state index contributed by atoms with van der Waals surface area (Å²) in [6.07, 6.45) is 10.6. The van der Waals surface area contributed by atoms with E-state index in [9.17, 15) is 0 Å². The van der Waals surface area contributed by atoms with Gasteiger partial charge >= 0.3 is 0 Å². The summed E-state index contributed by atoms with van der Waals surface area (Å²) in [6, 6.07) is 6.74. The van der Waals surface area contributed by atoms with E-state index < -0.39 is 0 Å². The van der Waals surface area contributed by atoms with Crippen LogP contribution in [-0.2, 0) is 0 Å². The van der Waals surface area contributed by atoms with Crippen molar-refractivity contribution in [2.75, 3.05) is 0 Å². The Labute approximate surface area is 111 Å². The van der Waals surface area contributed by atoms with Crippen LogP contribution in [0.2, 0.25) is 0 Å². The van der Waals surface area contributed by atoms with E-state index in [1.54, 1.807) is 11.1 Å². The number of thioether (sulfide) groups is 1. The van der Waals surface area contributed by atoms with Gasteiger partial charge in [0, 0.05) is 11.2 Å². The van der Waals surface area contributed by atoms with Gasteiger partial charge in [-0.05, 0) is 45.2 Å². The summed E-state index contributed by atoms with van der Waals surface area (Å²) < 4.78 is 0. The minimum absolute atomic E-state index is 0.515. The van der Waals surface area contributed by atoms with E-state index in [1.165, 1.54) is 28.7 Å². The molecule has 0 aromatic heterocycles. The van der Waals surface area contributed by atoms with E-state index in [0.29, 0.717) is 11.2 Å². The lowest BCUT2D eigenvalue weighted by atomic mass is 9.74. The van der Waals surface area contributed by atoms with Crippen molar-refractivity contribution in [2.45, 2.75) is 17.6 Å². The van der Waals surface area contributed by atoms with E-state index in [1.807, 2.05) is 11.8 Å². The van der Waals surface area contributed by atoms with Gasteiger partial charge in [0.1, 0.15) is 0 Å². The fraction of sp³-hybridized carbons (Fsp3) is 0.176. The molecule has 1 aromatic rings. The third-order valence-electron chi connectivity index (χ3n) is 4.47. The molecule has 5 rings (SSSR count). The highest BCUT2D eigenvalue weighted by Gasteiger charge is 2.38. The number of rotatable bonds is 0. The third-order valence-corrected chi connectivity index (χ3v) is 5.59. The Bertz CT molecular complexity index is 700. The first-order valence-corrected chi connectivity index (χ1v) is 7.46. The zero-order valence-corrected chi connectivity index (χ0v) is 10.7. The molecule has 1 aromatic carbocycles. The van der Waals surface area contributed by atoms with Crippen molar-refractivity contribution in [1.29, 1.82) is 0 Å². The molecule has 2 unspecified atom stereocenters. The molecular weight excluding hydrogens is 236 g/mol. The molecule has 0 nitrogen and oxygen atoms in total. The Morgan fingerprint density at radius 1 is 1.17 bits per heavy atom. The van der Waals surface area contributed by atoms with Crippen LogP contribution < -0.4 is 0 Å². The molecular formula is C17H12S. The van der Waals surface area contributed by atoms with Crippen LogP contribution in [0, 0.1) is 0 Å². The van der Waals surface area contributed by atoms with Gasteiger partial charge in [-0.15, -0.1) is 11.8 Å². The van der Waals surface area contributed by atoms with Crippen LogP contribution in [0.15, 0.2) is 53.0 Å². The summed E-state index contributed by atoms with van der Waals surface area (Å²) in [5.41, 5.74) is 9.10. The lowest BCUT2D eigenvalue weighted by molar-refractivity contribution is 0.921. The normalized spacial score (nSPS) is 29.4. The van der Waals surface area contributed by atoms with Crippen LogP contribution >= 0.6 is 11.8 Å². The van der Waals surface area contributed by atoms with Gasteiger partial charge in [-0.1, -0.05) is 42.5 Å². The largest absolute Gasteiger partial charge is 0.125 e. The quantitative estimate of drug-likeness (QED) is 0.650. The second-order valence-corrected chi connectivity index (χ2v) is 6.39. The number of hydrogen-bond donors (Lipinski definition) is 0. The van der Waals surface area contributed by atoms with Crippen molar-refractivity contribution < 1.29 is 0 Å². The number of fused-ring (bicyclic) bond motifs is 2. The number of hydrogen-bond acceptors (Lipinski definition) is 1. The fourth-order valence-electron chi connectivity index (χ4n) is 3.72. The highest BCUT2D eigenvalue weighted by atomic mass is 32.2. The van der Waals surface area contributed by atoms with Crippen molar-refractivity contribution in [3.63, 3.8) is 0 Å². The lowest BCUT2D eigenvalue weighted by Gasteiger charge is -2.30. The molecule has 1 heterocycles.